The lowest BCUT2D eigenvalue weighted by atomic mass is 10.1. The summed E-state index contributed by atoms with van der Waals surface area (Å²) in [4.78, 5) is 17.6. The minimum atomic E-state index is -0.385. The number of pyridine rings is 1. The molecule has 0 radical (unpaired) electrons. The summed E-state index contributed by atoms with van der Waals surface area (Å²) in [6.07, 6.45) is 2.96. The molecule has 2 rings (SSSR count). The fourth-order valence-electron chi connectivity index (χ4n) is 1.92. The summed E-state index contributed by atoms with van der Waals surface area (Å²) in [5, 5.41) is 12.3. The molecule has 0 aliphatic carbocycles. The van der Waals surface area contributed by atoms with Crippen LogP contribution >= 0.6 is 0 Å². The van der Waals surface area contributed by atoms with Gasteiger partial charge in [0.15, 0.2) is 0 Å². The topological polar surface area (TPSA) is 65.5 Å². The molecule has 0 bridgehead atoms. The standard InChI is InChI=1S/C12H17N3O2/c16-11-5-3-7-15(9-11)12(17)14-8-10-4-1-2-6-13-10/h1-2,4,6,11,16H,3,5,7-9H2,(H,14,17). The van der Waals surface area contributed by atoms with Gasteiger partial charge in [-0.3, -0.25) is 4.98 Å². The predicted octanol–water partition coefficient (Wildman–Crippen LogP) is 0.748. The molecule has 1 fully saturated rings. The number of urea groups is 1. The van der Waals surface area contributed by atoms with Crippen LogP contribution in [0, 0.1) is 0 Å². The maximum Gasteiger partial charge on any atom is 0.317 e. The van der Waals surface area contributed by atoms with Crippen molar-refractivity contribution in [3.8, 4) is 0 Å². The van der Waals surface area contributed by atoms with E-state index in [1.54, 1.807) is 11.1 Å². The molecule has 1 aliphatic heterocycles. The van der Waals surface area contributed by atoms with E-state index in [1.165, 1.54) is 0 Å². The Morgan fingerprint density at radius 3 is 3.18 bits per heavy atom. The summed E-state index contributed by atoms with van der Waals surface area (Å²) in [7, 11) is 0. The first kappa shape index (κ1) is 11.9. The fraction of sp³-hybridized carbons (Fsp3) is 0.500. The number of piperidine rings is 1. The Balaban J connectivity index is 1.81. The molecule has 0 saturated carbocycles. The van der Waals surface area contributed by atoms with Gasteiger partial charge in [0.2, 0.25) is 0 Å². The molecule has 2 heterocycles. The third-order valence-electron chi connectivity index (χ3n) is 2.83. The van der Waals surface area contributed by atoms with Gasteiger partial charge in [0.1, 0.15) is 0 Å². The normalized spacial score (nSPS) is 20.1. The minimum absolute atomic E-state index is 0.130. The first-order valence-electron chi connectivity index (χ1n) is 5.86. The van der Waals surface area contributed by atoms with Crippen molar-refractivity contribution in [2.45, 2.75) is 25.5 Å². The highest BCUT2D eigenvalue weighted by atomic mass is 16.3. The minimum Gasteiger partial charge on any atom is -0.391 e. The number of nitrogens with one attached hydrogen (secondary N) is 1. The molecule has 0 aromatic carbocycles. The molecule has 17 heavy (non-hydrogen) atoms. The Morgan fingerprint density at radius 1 is 1.59 bits per heavy atom. The summed E-state index contributed by atoms with van der Waals surface area (Å²) in [5.41, 5.74) is 0.832. The molecule has 0 spiro atoms. The molecule has 1 aromatic heterocycles. The van der Waals surface area contributed by atoms with Crippen LogP contribution in [-0.2, 0) is 6.54 Å². The molecule has 1 aromatic rings. The van der Waals surface area contributed by atoms with Crippen LogP contribution in [0.4, 0.5) is 4.79 Å². The van der Waals surface area contributed by atoms with Crippen LogP contribution in [0.3, 0.4) is 0 Å². The monoisotopic (exact) mass is 235 g/mol. The highest BCUT2D eigenvalue weighted by Crippen LogP contribution is 2.09. The third-order valence-corrected chi connectivity index (χ3v) is 2.83. The largest absolute Gasteiger partial charge is 0.391 e. The zero-order chi connectivity index (χ0) is 12.1. The molecule has 2 N–H and O–H groups in total. The smallest absolute Gasteiger partial charge is 0.317 e. The van der Waals surface area contributed by atoms with E-state index in [1.807, 2.05) is 18.2 Å². The molecular weight excluding hydrogens is 218 g/mol. The van der Waals surface area contributed by atoms with Gasteiger partial charge >= 0.3 is 6.03 Å². The Morgan fingerprint density at radius 2 is 2.47 bits per heavy atom. The van der Waals surface area contributed by atoms with E-state index in [9.17, 15) is 9.90 Å². The summed E-state index contributed by atoms with van der Waals surface area (Å²) in [5.74, 6) is 0. The van der Waals surface area contributed by atoms with Gasteiger partial charge in [-0.15, -0.1) is 0 Å². The molecule has 1 atom stereocenters. The van der Waals surface area contributed by atoms with Gasteiger partial charge in [0.05, 0.1) is 18.3 Å². The number of aliphatic hydroxyl groups is 1. The Hall–Kier alpha value is -1.62. The zero-order valence-corrected chi connectivity index (χ0v) is 9.67. The zero-order valence-electron chi connectivity index (χ0n) is 9.67. The number of nitrogens with zero attached hydrogens (tertiary/aromatic N) is 2. The molecule has 1 saturated heterocycles. The number of aliphatic hydroxyl groups excluding tert-OH is 1. The predicted molar refractivity (Wildman–Crippen MR) is 63.3 cm³/mol. The van der Waals surface area contributed by atoms with Crippen molar-refractivity contribution in [1.29, 1.82) is 0 Å². The average Bonchev–Trinajstić information content (AvgIpc) is 2.37. The van der Waals surface area contributed by atoms with Gasteiger partial charge in [0.25, 0.3) is 0 Å². The van der Waals surface area contributed by atoms with Crippen molar-refractivity contribution in [3.63, 3.8) is 0 Å². The first-order valence-corrected chi connectivity index (χ1v) is 5.86. The number of β-amino-alcohol motifs (C(OH)–C–C–N with tert-alkyl or cyclic N) is 1. The molecular formula is C12H17N3O2. The lowest BCUT2D eigenvalue weighted by Crippen LogP contribution is -2.46. The second kappa shape index (κ2) is 5.63. The lowest BCUT2D eigenvalue weighted by Gasteiger charge is -2.30. The highest BCUT2D eigenvalue weighted by Gasteiger charge is 2.21. The van der Waals surface area contributed by atoms with Crippen molar-refractivity contribution in [2.24, 2.45) is 0 Å². The van der Waals surface area contributed by atoms with Gasteiger partial charge in [0, 0.05) is 19.3 Å². The number of carbonyl (C=O) groups excluding carboxylic acids is 1. The molecule has 5 nitrogen and oxygen atoms in total. The SMILES string of the molecule is O=C(NCc1ccccn1)N1CCCC(O)C1. The van der Waals surface area contributed by atoms with Crippen LogP contribution < -0.4 is 5.32 Å². The molecule has 2 amide bonds. The summed E-state index contributed by atoms with van der Waals surface area (Å²) < 4.78 is 0. The number of rotatable bonds is 2. The summed E-state index contributed by atoms with van der Waals surface area (Å²) >= 11 is 0. The maximum atomic E-state index is 11.8. The van der Waals surface area contributed by atoms with Crippen LogP contribution in [0.1, 0.15) is 18.5 Å². The van der Waals surface area contributed by atoms with E-state index in [0.717, 1.165) is 18.5 Å². The van der Waals surface area contributed by atoms with Crippen LogP contribution in [0.15, 0.2) is 24.4 Å². The first-order chi connectivity index (χ1) is 8.25. The van der Waals surface area contributed by atoms with Crippen molar-refractivity contribution < 1.29 is 9.90 Å². The van der Waals surface area contributed by atoms with Gasteiger partial charge in [-0.2, -0.15) is 0 Å². The summed E-state index contributed by atoms with van der Waals surface area (Å²) in [6, 6.07) is 5.46. The van der Waals surface area contributed by atoms with E-state index in [4.69, 9.17) is 0 Å². The van der Waals surface area contributed by atoms with Crippen LogP contribution in [0.25, 0.3) is 0 Å². The number of likely N-dealkylation sites (tertiary alicyclic amines) is 1. The second-order valence-electron chi connectivity index (χ2n) is 4.22. The number of aromatic nitrogens is 1. The van der Waals surface area contributed by atoms with Gasteiger partial charge in [-0.25, -0.2) is 4.79 Å². The van der Waals surface area contributed by atoms with Crippen molar-refractivity contribution in [3.05, 3.63) is 30.1 Å². The van der Waals surface area contributed by atoms with Crippen molar-refractivity contribution in [2.75, 3.05) is 13.1 Å². The van der Waals surface area contributed by atoms with Gasteiger partial charge < -0.3 is 15.3 Å². The number of hydrogen-bond donors (Lipinski definition) is 2. The van der Waals surface area contributed by atoms with E-state index in [0.29, 0.717) is 19.6 Å². The molecule has 1 unspecified atom stereocenters. The third kappa shape index (κ3) is 3.42. The second-order valence-corrected chi connectivity index (χ2v) is 4.22. The lowest BCUT2D eigenvalue weighted by molar-refractivity contribution is 0.0841. The van der Waals surface area contributed by atoms with E-state index < -0.39 is 0 Å². The molecule has 1 aliphatic rings. The van der Waals surface area contributed by atoms with Crippen LogP contribution in [0.5, 0.6) is 0 Å². The van der Waals surface area contributed by atoms with Crippen molar-refractivity contribution >= 4 is 6.03 Å². The van der Waals surface area contributed by atoms with Crippen LogP contribution in [0.2, 0.25) is 0 Å². The average molecular weight is 235 g/mol. The molecule has 5 heteroatoms. The Labute approximate surface area is 100 Å². The Kier molecular flexibility index (Phi) is 3.93. The molecule has 92 valence electrons. The quantitative estimate of drug-likeness (QED) is 0.795. The van der Waals surface area contributed by atoms with Crippen molar-refractivity contribution in [1.82, 2.24) is 15.2 Å². The van der Waals surface area contributed by atoms with E-state index >= 15 is 0 Å². The number of carbonyl (C=O) groups is 1. The van der Waals surface area contributed by atoms with Crippen LogP contribution in [-0.4, -0.2) is 40.2 Å². The van der Waals surface area contributed by atoms with E-state index in [2.05, 4.69) is 10.3 Å². The van der Waals surface area contributed by atoms with Gasteiger partial charge in [-0.1, -0.05) is 6.07 Å². The maximum absolute atomic E-state index is 11.8. The summed E-state index contributed by atoms with van der Waals surface area (Å²) in [6.45, 7) is 1.56. The number of amides is 2. The van der Waals surface area contributed by atoms with Gasteiger partial charge in [-0.05, 0) is 25.0 Å². The number of hydrogen-bond acceptors (Lipinski definition) is 3. The highest BCUT2D eigenvalue weighted by molar-refractivity contribution is 5.74. The fourth-order valence-corrected chi connectivity index (χ4v) is 1.92. The Bertz CT molecular complexity index is 369. The van der Waals surface area contributed by atoms with E-state index in [-0.39, 0.29) is 12.1 Å².